The molecule has 0 bridgehead atoms. The SMILES string of the molecule is CCCN(CCC)S(=O)(=O)c1ccc(C(=O)Nc2cc3ccccc3cc2C(=O)OC)cc1. The molecule has 1 amide bonds. The Balaban J connectivity index is 1.88. The van der Waals surface area contributed by atoms with E-state index in [0.29, 0.717) is 31.6 Å². The lowest BCUT2D eigenvalue weighted by atomic mass is 10.0. The third kappa shape index (κ3) is 5.40. The Kier molecular flexibility index (Phi) is 7.84. The fourth-order valence-electron chi connectivity index (χ4n) is 3.60. The topological polar surface area (TPSA) is 92.8 Å². The molecule has 0 unspecified atom stereocenters. The molecule has 0 spiro atoms. The number of esters is 1. The number of nitrogens with one attached hydrogen (secondary N) is 1. The molecular formula is C25H28N2O5S. The Hall–Kier alpha value is -3.23. The molecule has 0 heterocycles. The van der Waals surface area contributed by atoms with E-state index < -0.39 is 21.9 Å². The molecule has 174 valence electrons. The molecule has 0 fully saturated rings. The second-order valence-electron chi connectivity index (χ2n) is 7.62. The van der Waals surface area contributed by atoms with Crippen molar-refractivity contribution >= 4 is 38.4 Å². The highest BCUT2D eigenvalue weighted by Gasteiger charge is 2.23. The van der Waals surface area contributed by atoms with Crippen molar-refractivity contribution in [2.75, 3.05) is 25.5 Å². The predicted octanol–water partition coefficient (Wildman–Crippen LogP) is 4.69. The van der Waals surface area contributed by atoms with Gasteiger partial charge in [-0.15, -0.1) is 0 Å². The Bertz CT molecular complexity index is 1250. The summed E-state index contributed by atoms with van der Waals surface area (Å²) in [5, 5.41) is 4.45. The molecule has 3 aromatic carbocycles. The minimum absolute atomic E-state index is 0.141. The van der Waals surface area contributed by atoms with Gasteiger partial charge in [0.25, 0.3) is 5.91 Å². The molecule has 8 heteroatoms. The summed E-state index contributed by atoms with van der Waals surface area (Å²) in [5.74, 6) is -1.03. The van der Waals surface area contributed by atoms with Crippen molar-refractivity contribution in [1.82, 2.24) is 4.31 Å². The largest absolute Gasteiger partial charge is 0.465 e. The maximum Gasteiger partial charge on any atom is 0.339 e. The maximum atomic E-state index is 12.9. The molecular weight excluding hydrogens is 440 g/mol. The van der Waals surface area contributed by atoms with Crippen LogP contribution in [0.15, 0.2) is 65.6 Å². The highest BCUT2D eigenvalue weighted by molar-refractivity contribution is 7.89. The van der Waals surface area contributed by atoms with E-state index in [2.05, 4.69) is 5.32 Å². The molecule has 3 aromatic rings. The van der Waals surface area contributed by atoms with Gasteiger partial charge in [0.1, 0.15) is 0 Å². The van der Waals surface area contributed by atoms with Crippen LogP contribution in [-0.4, -0.2) is 44.8 Å². The van der Waals surface area contributed by atoms with Gasteiger partial charge in [-0.3, -0.25) is 4.79 Å². The van der Waals surface area contributed by atoms with Gasteiger partial charge in [0.2, 0.25) is 10.0 Å². The quantitative estimate of drug-likeness (QED) is 0.460. The average Bonchev–Trinajstić information content (AvgIpc) is 2.83. The van der Waals surface area contributed by atoms with E-state index in [9.17, 15) is 18.0 Å². The smallest absolute Gasteiger partial charge is 0.339 e. The molecule has 33 heavy (non-hydrogen) atoms. The van der Waals surface area contributed by atoms with Gasteiger partial charge in [-0.1, -0.05) is 38.1 Å². The molecule has 0 aliphatic rings. The van der Waals surface area contributed by atoms with Crippen molar-refractivity contribution in [1.29, 1.82) is 0 Å². The van der Waals surface area contributed by atoms with Gasteiger partial charge in [-0.05, 0) is 60.0 Å². The Labute approximate surface area is 194 Å². The molecule has 7 nitrogen and oxygen atoms in total. The summed E-state index contributed by atoms with van der Waals surface area (Å²) in [7, 11) is -2.35. The lowest BCUT2D eigenvalue weighted by Gasteiger charge is -2.21. The lowest BCUT2D eigenvalue weighted by molar-refractivity contribution is 0.0602. The third-order valence-electron chi connectivity index (χ3n) is 5.24. The number of rotatable bonds is 9. The van der Waals surface area contributed by atoms with Gasteiger partial charge in [-0.2, -0.15) is 4.31 Å². The highest BCUT2D eigenvalue weighted by atomic mass is 32.2. The minimum atomic E-state index is -3.63. The molecule has 0 aliphatic carbocycles. The molecule has 0 aromatic heterocycles. The summed E-state index contributed by atoms with van der Waals surface area (Å²) in [5.41, 5.74) is 0.827. The van der Waals surface area contributed by atoms with Crippen molar-refractivity contribution in [2.45, 2.75) is 31.6 Å². The van der Waals surface area contributed by atoms with Gasteiger partial charge in [0.05, 0.1) is 23.3 Å². The molecule has 0 radical (unpaired) electrons. The van der Waals surface area contributed by atoms with Crippen LogP contribution >= 0.6 is 0 Å². The van der Waals surface area contributed by atoms with Gasteiger partial charge >= 0.3 is 5.97 Å². The molecule has 0 saturated heterocycles. The number of nitrogens with zero attached hydrogens (tertiary/aromatic N) is 1. The molecule has 0 aliphatic heterocycles. The van der Waals surface area contributed by atoms with Crippen LogP contribution in [0, 0.1) is 0 Å². The zero-order valence-electron chi connectivity index (χ0n) is 19.0. The summed E-state index contributed by atoms with van der Waals surface area (Å²) in [4.78, 5) is 25.3. The first kappa shape index (κ1) is 24.4. The van der Waals surface area contributed by atoms with Gasteiger partial charge in [-0.25, -0.2) is 13.2 Å². The first-order valence-electron chi connectivity index (χ1n) is 10.8. The molecule has 0 atom stereocenters. The normalized spacial score (nSPS) is 11.5. The first-order valence-corrected chi connectivity index (χ1v) is 12.3. The van der Waals surface area contributed by atoms with E-state index in [4.69, 9.17) is 4.74 Å². The van der Waals surface area contributed by atoms with Crippen molar-refractivity contribution in [2.24, 2.45) is 0 Å². The fourth-order valence-corrected chi connectivity index (χ4v) is 5.22. The number of hydrogen-bond acceptors (Lipinski definition) is 5. The molecule has 1 N–H and O–H groups in total. The van der Waals surface area contributed by atoms with Crippen molar-refractivity contribution in [3.8, 4) is 0 Å². The standard InChI is InChI=1S/C25H28N2O5S/c1-4-14-27(15-5-2)33(30,31)21-12-10-18(11-13-21)24(28)26-23-17-20-9-7-6-8-19(20)16-22(23)25(29)32-3/h6-13,16-17H,4-5,14-15H2,1-3H3,(H,26,28). The number of methoxy groups -OCH3 is 1. The van der Waals surface area contributed by atoms with Crippen LogP contribution in [0.3, 0.4) is 0 Å². The minimum Gasteiger partial charge on any atom is -0.465 e. The van der Waals surface area contributed by atoms with E-state index in [1.54, 1.807) is 12.1 Å². The number of fused-ring (bicyclic) bond motifs is 1. The predicted molar refractivity (Wildman–Crippen MR) is 129 cm³/mol. The number of anilines is 1. The second-order valence-corrected chi connectivity index (χ2v) is 9.56. The van der Waals surface area contributed by atoms with E-state index in [-0.39, 0.29) is 16.0 Å². The fraction of sp³-hybridized carbons (Fsp3) is 0.280. The van der Waals surface area contributed by atoms with E-state index >= 15 is 0 Å². The second kappa shape index (κ2) is 10.6. The van der Waals surface area contributed by atoms with Crippen LogP contribution in [0.2, 0.25) is 0 Å². The highest BCUT2D eigenvalue weighted by Crippen LogP contribution is 2.26. The van der Waals surface area contributed by atoms with Crippen molar-refractivity contribution < 1.29 is 22.7 Å². The number of ether oxygens (including phenoxy) is 1. The Morgan fingerprint density at radius 1 is 0.909 bits per heavy atom. The Morgan fingerprint density at radius 2 is 1.48 bits per heavy atom. The zero-order valence-corrected chi connectivity index (χ0v) is 19.8. The van der Waals surface area contributed by atoms with Gasteiger partial charge in [0, 0.05) is 18.7 Å². The third-order valence-corrected chi connectivity index (χ3v) is 7.15. The van der Waals surface area contributed by atoms with Crippen LogP contribution in [-0.2, 0) is 14.8 Å². The van der Waals surface area contributed by atoms with E-state index in [1.807, 2.05) is 38.1 Å². The van der Waals surface area contributed by atoms with Crippen molar-refractivity contribution in [3.05, 3.63) is 71.8 Å². The number of sulfonamides is 1. The summed E-state index contributed by atoms with van der Waals surface area (Å²) in [6, 6.07) is 16.7. The average molecular weight is 469 g/mol. The molecule has 3 rings (SSSR count). The van der Waals surface area contributed by atoms with E-state index in [1.165, 1.54) is 35.7 Å². The van der Waals surface area contributed by atoms with Gasteiger partial charge in [0.15, 0.2) is 0 Å². The maximum absolute atomic E-state index is 12.9. The number of hydrogen-bond donors (Lipinski definition) is 1. The van der Waals surface area contributed by atoms with Crippen molar-refractivity contribution in [3.63, 3.8) is 0 Å². The monoisotopic (exact) mass is 468 g/mol. The van der Waals surface area contributed by atoms with Crippen LogP contribution in [0.5, 0.6) is 0 Å². The lowest BCUT2D eigenvalue weighted by Crippen LogP contribution is -2.32. The van der Waals surface area contributed by atoms with Crippen LogP contribution in [0.25, 0.3) is 10.8 Å². The van der Waals surface area contributed by atoms with Gasteiger partial charge < -0.3 is 10.1 Å². The zero-order chi connectivity index (χ0) is 24.0. The summed E-state index contributed by atoms with van der Waals surface area (Å²) in [6.45, 7) is 4.75. The van der Waals surface area contributed by atoms with Crippen LogP contribution < -0.4 is 5.32 Å². The van der Waals surface area contributed by atoms with E-state index in [0.717, 1.165) is 10.8 Å². The first-order chi connectivity index (χ1) is 15.8. The Morgan fingerprint density at radius 3 is 2.03 bits per heavy atom. The summed E-state index contributed by atoms with van der Waals surface area (Å²) in [6.07, 6.45) is 1.43. The summed E-state index contributed by atoms with van der Waals surface area (Å²) >= 11 is 0. The van der Waals surface area contributed by atoms with Crippen LogP contribution in [0.1, 0.15) is 47.4 Å². The number of carbonyl (C=O) groups excluding carboxylic acids is 2. The summed E-state index contributed by atoms with van der Waals surface area (Å²) < 4.78 is 32.2. The van der Waals surface area contributed by atoms with Crippen LogP contribution in [0.4, 0.5) is 5.69 Å². The number of benzene rings is 3. The number of carbonyl (C=O) groups is 2. The molecule has 0 saturated carbocycles. The number of amides is 1.